The minimum atomic E-state index is -2.74. The molecule has 1 saturated heterocycles. The number of nitrogens with zero attached hydrogens (tertiary/aromatic N) is 2. The second-order valence-electron chi connectivity index (χ2n) is 7.66. The van der Waals surface area contributed by atoms with E-state index in [1.807, 2.05) is 30.9 Å². The molecule has 0 aromatic heterocycles. The number of benzene rings is 2. The Labute approximate surface area is 163 Å². The van der Waals surface area contributed by atoms with E-state index in [4.69, 9.17) is 0 Å². The first kappa shape index (κ1) is 18.8. The van der Waals surface area contributed by atoms with Gasteiger partial charge in [-0.3, -0.25) is 0 Å². The molecule has 0 amide bonds. The molecule has 4 heteroatoms. The van der Waals surface area contributed by atoms with Gasteiger partial charge in [0.2, 0.25) is 0 Å². The average Bonchev–Trinajstić information content (AvgIpc) is 2.93. The van der Waals surface area contributed by atoms with Crippen molar-refractivity contribution in [3.63, 3.8) is 0 Å². The highest BCUT2D eigenvalue weighted by Crippen LogP contribution is 2.68. The van der Waals surface area contributed by atoms with Crippen molar-refractivity contribution in [2.45, 2.75) is 57.8 Å². The van der Waals surface area contributed by atoms with Crippen LogP contribution in [0.1, 0.15) is 43.7 Å². The fourth-order valence-electron chi connectivity index (χ4n) is 4.70. The Hall–Kier alpha value is -1.51. The van der Waals surface area contributed by atoms with E-state index in [0.717, 1.165) is 25.9 Å². The van der Waals surface area contributed by atoms with Gasteiger partial charge >= 0.3 is 0 Å². The molecule has 0 radical (unpaired) electrons. The zero-order valence-electron chi connectivity index (χ0n) is 16.1. The van der Waals surface area contributed by atoms with Crippen LogP contribution in [0.4, 0.5) is 0 Å². The molecule has 27 heavy (non-hydrogen) atoms. The van der Waals surface area contributed by atoms with Crippen LogP contribution in [0.2, 0.25) is 0 Å². The molecule has 3 nitrogen and oxygen atoms in total. The van der Waals surface area contributed by atoms with Crippen molar-refractivity contribution in [1.82, 2.24) is 9.34 Å². The number of rotatable bonds is 5. The van der Waals surface area contributed by atoms with Gasteiger partial charge in [0.15, 0.2) is 0 Å². The lowest BCUT2D eigenvalue weighted by Crippen LogP contribution is -2.39. The van der Waals surface area contributed by atoms with Crippen LogP contribution < -0.4 is 4.89 Å². The van der Waals surface area contributed by atoms with Gasteiger partial charge in [-0.2, -0.15) is 9.34 Å². The first-order chi connectivity index (χ1) is 13.2. The van der Waals surface area contributed by atoms with Crippen LogP contribution >= 0.6 is 7.79 Å². The lowest BCUT2D eigenvalue weighted by molar-refractivity contribution is -0.188. The van der Waals surface area contributed by atoms with Gasteiger partial charge < -0.3 is 4.89 Å². The van der Waals surface area contributed by atoms with Crippen LogP contribution in [-0.2, 0) is 13.1 Å². The van der Waals surface area contributed by atoms with E-state index in [2.05, 4.69) is 57.9 Å². The summed E-state index contributed by atoms with van der Waals surface area (Å²) in [7, 11) is -2.74. The molecule has 2 aromatic carbocycles. The maximum absolute atomic E-state index is 14.4. The van der Waals surface area contributed by atoms with Gasteiger partial charge in [0.05, 0.1) is 31.0 Å². The molecule has 1 heterocycles. The molecule has 0 bridgehead atoms. The van der Waals surface area contributed by atoms with Crippen LogP contribution in [0.25, 0.3) is 0 Å². The second-order valence-corrected chi connectivity index (χ2v) is 10.2. The van der Waals surface area contributed by atoms with Gasteiger partial charge in [0, 0.05) is 0 Å². The van der Waals surface area contributed by atoms with E-state index in [9.17, 15) is 4.89 Å². The van der Waals surface area contributed by atoms with Gasteiger partial charge in [-0.15, -0.1) is 0 Å². The van der Waals surface area contributed by atoms with Crippen LogP contribution in [0.5, 0.6) is 0 Å². The van der Waals surface area contributed by atoms with E-state index >= 15 is 0 Å². The van der Waals surface area contributed by atoms with Gasteiger partial charge in [0.1, 0.15) is 7.79 Å². The summed E-state index contributed by atoms with van der Waals surface area (Å²) in [6, 6.07) is 21.8. The predicted molar refractivity (Wildman–Crippen MR) is 112 cm³/mol. The van der Waals surface area contributed by atoms with Crippen LogP contribution in [0.15, 0.2) is 72.6 Å². The number of hydrogen-bond donors (Lipinski definition) is 0. The highest BCUT2D eigenvalue weighted by Gasteiger charge is 2.57. The Balaban J connectivity index is 1.70. The standard InChI is InChI=1S/C23H29N2OP/c1-2-17-27(26)24(18-20-11-5-3-6-12-20)22-15-9-10-16-23(22)25(27)19-21-13-7-4-8-14-21/h2-8,11-14,17,22-23H,9-10,15-16,18-19H2,1H3/b17-2+/t22-,23-/m1/s1. The summed E-state index contributed by atoms with van der Waals surface area (Å²) in [6.07, 6.45) is 6.74. The van der Waals surface area contributed by atoms with Crippen molar-refractivity contribution in [1.29, 1.82) is 0 Å². The lowest BCUT2D eigenvalue weighted by Gasteiger charge is -2.38. The Bertz CT molecular complexity index is 707. The second kappa shape index (κ2) is 8.24. The van der Waals surface area contributed by atoms with Crippen LogP contribution in [0.3, 0.4) is 0 Å². The van der Waals surface area contributed by atoms with E-state index < -0.39 is 7.79 Å². The molecular formula is C23H29N2OP. The molecule has 0 N–H and O–H groups in total. The Morgan fingerprint density at radius 3 is 1.70 bits per heavy atom. The van der Waals surface area contributed by atoms with Gasteiger partial charge in [-0.1, -0.05) is 73.5 Å². The fraction of sp³-hybridized carbons (Fsp3) is 0.391. The Morgan fingerprint density at radius 2 is 1.30 bits per heavy atom. The first-order valence-electron chi connectivity index (χ1n) is 10.1. The number of allylic oxidation sites excluding steroid dienone is 1. The summed E-state index contributed by atoms with van der Waals surface area (Å²) in [5.41, 5.74) is 2.49. The molecule has 2 atom stereocenters. The Kier molecular flexibility index (Phi) is 5.75. The van der Waals surface area contributed by atoms with Crippen molar-refractivity contribution in [2.75, 3.05) is 0 Å². The number of hydrogen-bond acceptors (Lipinski definition) is 3. The predicted octanol–water partition coefficient (Wildman–Crippen LogP) is 4.97. The van der Waals surface area contributed by atoms with E-state index in [1.54, 1.807) is 0 Å². The molecule has 2 fully saturated rings. The van der Waals surface area contributed by atoms with Crippen molar-refractivity contribution in [3.8, 4) is 0 Å². The van der Waals surface area contributed by atoms with Gasteiger partial charge in [-0.05, 0) is 37.0 Å². The van der Waals surface area contributed by atoms with E-state index in [0.29, 0.717) is 12.1 Å². The lowest BCUT2D eigenvalue weighted by atomic mass is 9.90. The molecule has 1 aliphatic carbocycles. The molecule has 2 aromatic rings. The molecular weight excluding hydrogens is 351 g/mol. The molecule has 0 unspecified atom stereocenters. The quantitative estimate of drug-likeness (QED) is 0.686. The molecule has 142 valence electrons. The van der Waals surface area contributed by atoms with Crippen molar-refractivity contribution < 1.29 is 4.89 Å². The third kappa shape index (κ3) is 3.75. The zero-order valence-corrected chi connectivity index (χ0v) is 17.0. The highest BCUT2D eigenvalue weighted by molar-refractivity contribution is 7.67. The summed E-state index contributed by atoms with van der Waals surface area (Å²) in [5.74, 6) is 1.98. The summed E-state index contributed by atoms with van der Waals surface area (Å²) in [5, 5.41) is 0. The fourth-order valence-corrected chi connectivity index (χ4v) is 7.85. The molecule has 4 rings (SSSR count). The summed E-state index contributed by atoms with van der Waals surface area (Å²) < 4.78 is 4.66. The van der Waals surface area contributed by atoms with Crippen molar-refractivity contribution >= 4 is 7.79 Å². The summed E-state index contributed by atoms with van der Waals surface area (Å²) in [4.78, 5) is 14.4. The maximum Gasteiger partial charge on any atom is 0.134 e. The third-order valence-corrected chi connectivity index (χ3v) is 8.95. The maximum atomic E-state index is 14.4. The Morgan fingerprint density at radius 1 is 0.852 bits per heavy atom. The number of fused-ring (bicyclic) bond motifs is 1. The first-order valence-corrected chi connectivity index (χ1v) is 11.8. The SMILES string of the molecule is C/C=C/[P+]1([O-])N(Cc2ccccc2)[C@@H]2CCCC[C@H]2N1Cc1ccccc1. The van der Waals surface area contributed by atoms with E-state index in [1.165, 1.54) is 24.0 Å². The van der Waals surface area contributed by atoms with Gasteiger partial charge in [-0.25, -0.2) is 0 Å². The normalized spacial score (nSPS) is 25.7. The molecule has 1 saturated carbocycles. The average molecular weight is 380 g/mol. The van der Waals surface area contributed by atoms with Crippen molar-refractivity contribution in [2.24, 2.45) is 0 Å². The van der Waals surface area contributed by atoms with Gasteiger partial charge in [0.25, 0.3) is 0 Å². The zero-order chi connectivity index (χ0) is 18.7. The summed E-state index contributed by atoms with van der Waals surface area (Å²) in [6.45, 7) is 3.51. The van der Waals surface area contributed by atoms with Crippen molar-refractivity contribution in [3.05, 3.63) is 83.7 Å². The largest absolute Gasteiger partial charge is 0.647 e. The molecule has 2 aliphatic rings. The highest BCUT2D eigenvalue weighted by atomic mass is 31.2. The minimum absolute atomic E-state index is 0.379. The molecule has 0 spiro atoms. The monoisotopic (exact) mass is 380 g/mol. The topological polar surface area (TPSA) is 29.5 Å². The minimum Gasteiger partial charge on any atom is -0.647 e. The summed E-state index contributed by atoms with van der Waals surface area (Å²) >= 11 is 0. The van der Waals surface area contributed by atoms with E-state index in [-0.39, 0.29) is 0 Å². The third-order valence-electron chi connectivity index (χ3n) is 5.91. The smallest absolute Gasteiger partial charge is 0.134 e. The van der Waals surface area contributed by atoms with Crippen LogP contribution in [-0.4, -0.2) is 21.4 Å². The van der Waals surface area contributed by atoms with Crippen LogP contribution in [0, 0.1) is 0 Å². The molecule has 1 aliphatic heterocycles.